The minimum absolute atomic E-state index is 0.108. The van der Waals surface area contributed by atoms with Gasteiger partial charge < -0.3 is 33.8 Å². The summed E-state index contributed by atoms with van der Waals surface area (Å²) in [5.41, 5.74) is 0. The lowest BCUT2D eigenvalue weighted by atomic mass is 10.0. The highest BCUT2D eigenvalue weighted by atomic mass is 31.2. The molecule has 0 aromatic rings. The highest BCUT2D eigenvalue weighted by Crippen LogP contribution is 2.45. The average Bonchev–Trinajstić information content (AvgIpc) is 1.18. The number of carbonyl (C=O) groups is 4. The van der Waals surface area contributed by atoms with Crippen molar-refractivity contribution in [3.63, 3.8) is 0 Å². The van der Waals surface area contributed by atoms with Crippen molar-refractivity contribution in [3.8, 4) is 0 Å². The first-order valence-corrected chi connectivity index (χ1v) is 44.1. The van der Waals surface area contributed by atoms with Crippen LogP contribution in [0.2, 0.25) is 0 Å². The van der Waals surface area contributed by atoms with Gasteiger partial charge in [0.05, 0.1) is 26.4 Å². The molecule has 0 aliphatic heterocycles. The number of hydrogen-bond acceptors (Lipinski definition) is 15. The van der Waals surface area contributed by atoms with Crippen LogP contribution in [0.3, 0.4) is 0 Å². The molecule has 19 heteroatoms. The third kappa shape index (κ3) is 72.4. The van der Waals surface area contributed by atoms with E-state index >= 15 is 0 Å². The van der Waals surface area contributed by atoms with Gasteiger partial charge in [0.1, 0.15) is 19.3 Å². The molecule has 582 valence electrons. The molecule has 0 saturated carbocycles. The topological polar surface area (TPSA) is 237 Å². The van der Waals surface area contributed by atoms with Gasteiger partial charge in [0.15, 0.2) is 12.2 Å². The van der Waals surface area contributed by atoms with Gasteiger partial charge >= 0.3 is 39.5 Å². The number of rotatable bonds is 79. The highest BCUT2D eigenvalue weighted by Gasteiger charge is 2.30. The molecule has 0 heterocycles. The third-order valence-corrected chi connectivity index (χ3v) is 20.4. The Bertz CT molecular complexity index is 1870. The zero-order valence-corrected chi connectivity index (χ0v) is 65.7. The van der Waals surface area contributed by atoms with Crippen LogP contribution in [0.25, 0.3) is 0 Å². The number of aliphatic hydroxyl groups excluding tert-OH is 1. The van der Waals surface area contributed by atoms with E-state index in [1.807, 2.05) is 0 Å². The van der Waals surface area contributed by atoms with E-state index < -0.39 is 97.5 Å². The van der Waals surface area contributed by atoms with Crippen molar-refractivity contribution in [2.45, 2.75) is 438 Å². The molecule has 0 aromatic carbocycles. The van der Waals surface area contributed by atoms with Gasteiger partial charge in [-0.25, -0.2) is 9.13 Å². The van der Waals surface area contributed by atoms with Gasteiger partial charge in [0.25, 0.3) is 0 Å². The molecule has 0 spiro atoms. The first kappa shape index (κ1) is 96.1. The van der Waals surface area contributed by atoms with Crippen molar-refractivity contribution in [1.82, 2.24) is 0 Å². The minimum atomic E-state index is -4.96. The first-order chi connectivity index (χ1) is 47.5. The lowest BCUT2D eigenvalue weighted by Crippen LogP contribution is -2.30. The van der Waals surface area contributed by atoms with Gasteiger partial charge in [-0.2, -0.15) is 0 Å². The monoisotopic (exact) mass is 1440 g/mol. The standard InChI is InChI=1S/C79H154O17P2/c1-6-9-12-15-18-21-24-27-30-32-33-35-38-41-44-49-55-60-65-78(83)95-74(68-89-76(81)62-57-52-47-42-39-37-34-31-28-25-22-19-16-13-10-7-2)70-93-97(85,86)91-66-73(80)67-92-98(87,88)94-71-75(69-90-77(82)63-58-53-50-45-46-51-56-61-72(4)5)96-79(84)64-59-54-48-43-40-36-29-26-23-20-17-14-11-8-3/h72-75,80H,6-71H2,1-5H3,(H,85,86)(H,87,88)/t73-,74-,75-/m1/s1. The largest absolute Gasteiger partial charge is 0.472 e. The normalized spacial score (nSPS) is 13.9. The molecule has 5 atom stereocenters. The van der Waals surface area contributed by atoms with Crippen LogP contribution in [0.5, 0.6) is 0 Å². The Morgan fingerprint density at radius 1 is 0.276 bits per heavy atom. The number of unbranched alkanes of at least 4 members (excludes halogenated alkanes) is 51. The quantitative estimate of drug-likeness (QED) is 0.0222. The van der Waals surface area contributed by atoms with E-state index in [4.69, 9.17) is 37.0 Å². The Balaban J connectivity index is 5.24. The Kier molecular flexibility index (Phi) is 70.6. The maximum atomic E-state index is 13.1. The fourth-order valence-electron chi connectivity index (χ4n) is 12.2. The van der Waals surface area contributed by atoms with Crippen molar-refractivity contribution in [3.05, 3.63) is 0 Å². The lowest BCUT2D eigenvalue weighted by Gasteiger charge is -2.21. The zero-order chi connectivity index (χ0) is 71.9. The van der Waals surface area contributed by atoms with Gasteiger partial charge in [0.2, 0.25) is 0 Å². The van der Waals surface area contributed by atoms with Crippen molar-refractivity contribution in [2.75, 3.05) is 39.6 Å². The van der Waals surface area contributed by atoms with Gasteiger partial charge in [-0.15, -0.1) is 0 Å². The minimum Gasteiger partial charge on any atom is -0.462 e. The Morgan fingerprint density at radius 3 is 0.694 bits per heavy atom. The summed E-state index contributed by atoms with van der Waals surface area (Å²) in [6.45, 7) is 7.27. The predicted molar refractivity (Wildman–Crippen MR) is 400 cm³/mol. The highest BCUT2D eigenvalue weighted by molar-refractivity contribution is 7.47. The molecular weight excluding hydrogens is 1280 g/mol. The summed E-state index contributed by atoms with van der Waals surface area (Å²) in [6.07, 6.45) is 62.4. The molecule has 98 heavy (non-hydrogen) atoms. The van der Waals surface area contributed by atoms with E-state index in [1.54, 1.807) is 0 Å². The molecule has 0 aliphatic carbocycles. The molecule has 0 radical (unpaired) electrons. The number of aliphatic hydroxyl groups is 1. The molecule has 0 amide bonds. The van der Waals surface area contributed by atoms with Crippen LogP contribution in [0.4, 0.5) is 0 Å². The molecule has 0 rings (SSSR count). The molecule has 0 aromatic heterocycles. The van der Waals surface area contributed by atoms with Crippen molar-refractivity contribution in [2.24, 2.45) is 5.92 Å². The molecule has 0 bridgehead atoms. The van der Waals surface area contributed by atoms with Crippen LogP contribution in [-0.2, 0) is 65.4 Å². The number of phosphoric acid groups is 2. The maximum absolute atomic E-state index is 13.1. The van der Waals surface area contributed by atoms with Crippen LogP contribution in [0.15, 0.2) is 0 Å². The molecular formula is C79H154O17P2. The van der Waals surface area contributed by atoms with E-state index in [-0.39, 0.29) is 25.7 Å². The van der Waals surface area contributed by atoms with Gasteiger partial charge in [-0.1, -0.05) is 369 Å². The third-order valence-electron chi connectivity index (χ3n) is 18.5. The van der Waals surface area contributed by atoms with Crippen LogP contribution in [0.1, 0.15) is 420 Å². The Labute approximate surface area is 600 Å². The second kappa shape index (κ2) is 72.0. The summed E-state index contributed by atoms with van der Waals surface area (Å²) < 4.78 is 68.6. The van der Waals surface area contributed by atoms with Gasteiger partial charge in [0, 0.05) is 25.7 Å². The summed E-state index contributed by atoms with van der Waals surface area (Å²) in [7, 11) is -9.91. The summed E-state index contributed by atoms with van der Waals surface area (Å²) in [5, 5.41) is 10.6. The smallest absolute Gasteiger partial charge is 0.462 e. The predicted octanol–water partition coefficient (Wildman–Crippen LogP) is 23.6. The second-order valence-electron chi connectivity index (χ2n) is 28.9. The number of ether oxygens (including phenoxy) is 4. The molecule has 17 nitrogen and oxygen atoms in total. The number of phosphoric ester groups is 2. The first-order valence-electron chi connectivity index (χ1n) is 41.1. The van der Waals surface area contributed by atoms with Gasteiger partial charge in [-0.3, -0.25) is 37.3 Å². The van der Waals surface area contributed by atoms with E-state index in [0.29, 0.717) is 31.6 Å². The molecule has 3 N–H and O–H groups in total. The summed E-state index contributed by atoms with van der Waals surface area (Å²) in [5.74, 6) is -1.40. The number of esters is 4. The van der Waals surface area contributed by atoms with Crippen LogP contribution in [0, 0.1) is 5.92 Å². The Hall–Kier alpha value is -1.94. The summed E-state index contributed by atoms with van der Waals surface area (Å²) in [6, 6.07) is 0. The zero-order valence-electron chi connectivity index (χ0n) is 63.9. The van der Waals surface area contributed by atoms with E-state index in [2.05, 4.69) is 34.6 Å². The average molecular weight is 1440 g/mol. The van der Waals surface area contributed by atoms with E-state index in [9.17, 15) is 43.2 Å². The second-order valence-corrected chi connectivity index (χ2v) is 31.8. The maximum Gasteiger partial charge on any atom is 0.472 e. The molecule has 0 aliphatic rings. The van der Waals surface area contributed by atoms with Crippen LogP contribution >= 0.6 is 15.6 Å². The lowest BCUT2D eigenvalue weighted by molar-refractivity contribution is -0.161. The molecule has 2 unspecified atom stereocenters. The van der Waals surface area contributed by atoms with Crippen molar-refractivity contribution < 1.29 is 80.2 Å². The Morgan fingerprint density at radius 2 is 0.469 bits per heavy atom. The summed E-state index contributed by atoms with van der Waals surface area (Å²) >= 11 is 0. The summed E-state index contributed by atoms with van der Waals surface area (Å²) in [4.78, 5) is 72.9. The number of carbonyl (C=O) groups excluding carboxylic acids is 4. The van der Waals surface area contributed by atoms with Crippen molar-refractivity contribution >= 4 is 39.5 Å². The SMILES string of the molecule is CCCCCCCCCCCCCCCCCCCCC(=O)O[C@H](COC(=O)CCCCCCCCCCCCCCCCCC)COP(=O)(O)OC[C@@H](O)COP(=O)(O)OC[C@@H](COC(=O)CCCCCCCCCC(C)C)OC(=O)CCCCCCCCCCCCCCCC. The van der Waals surface area contributed by atoms with Crippen molar-refractivity contribution in [1.29, 1.82) is 0 Å². The molecule has 0 saturated heterocycles. The fourth-order valence-corrected chi connectivity index (χ4v) is 13.8. The van der Waals surface area contributed by atoms with Crippen LogP contribution < -0.4 is 0 Å². The van der Waals surface area contributed by atoms with E-state index in [1.165, 1.54) is 238 Å². The fraction of sp³-hybridized carbons (Fsp3) is 0.949. The van der Waals surface area contributed by atoms with E-state index in [0.717, 1.165) is 96.3 Å². The van der Waals surface area contributed by atoms with Crippen LogP contribution in [-0.4, -0.2) is 96.7 Å². The molecule has 0 fully saturated rings. The van der Waals surface area contributed by atoms with Gasteiger partial charge in [-0.05, 0) is 31.6 Å². The number of hydrogen-bond donors (Lipinski definition) is 3.